The van der Waals surface area contributed by atoms with Gasteiger partial charge in [-0.15, -0.1) is 0 Å². The summed E-state index contributed by atoms with van der Waals surface area (Å²) in [5, 5.41) is 10.8. The maximum absolute atomic E-state index is 5.97. The summed E-state index contributed by atoms with van der Waals surface area (Å²) in [5.41, 5.74) is 6.85. The van der Waals surface area contributed by atoms with E-state index in [-0.39, 0.29) is 0 Å². The van der Waals surface area contributed by atoms with Gasteiger partial charge in [-0.2, -0.15) is 5.10 Å². The molecule has 2 N–H and O–H groups in total. The molecule has 0 fully saturated rings. The number of nitrogens with zero attached hydrogens (tertiary/aromatic N) is 2. The number of aromatic amines is 1. The largest absolute Gasteiger partial charge is 0.487 e. The average molecular weight is 362 g/mol. The number of benzene rings is 1. The van der Waals surface area contributed by atoms with Gasteiger partial charge in [0.1, 0.15) is 12.4 Å². The van der Waals surface area contributed by atoms with Crippen molar-refractivity contribution in [1.82, 2.24) is 15.2 Å². The molecule has 0 unspecified atom stereocenters. The zero-order valence-corrected chi connectivity index (χ0v) is 16.0. The average Bonchev–Trinajstić information content (AvgIpc) is 2.92. The Morgan fingerprint density at radius 2 is 1.85 bits per heavy atom. The van der Waals surface area contributed by atoms with Crippen LogP contribution in [-0.2, 0) is 19.4 Å². The van der Waals surface area contributed by atoms with Crippen LogP contribution in [0.15, 0.2) is 36.4 Å². The van der Waals surface area contributed by atoms with Gasteiger partial charge >= 0.3 is 0 Å². The molecule has 4 rings (SSSR count). The lowest BCUT2D eigenvalue weighted by Crippen LogP contribution is -2.07. The minimum absolute atomic E-state index is 0.463. The first-order valence-electron chi connectivity index (χ1n) is 9.67. The number of H-pyrrole nitrogens is 1. The molecule has 0 saturated heterocycles. The van der Waals surface area contributed by atoms with Crippen LogP contribution in [0.2, 0.25) is 0 Å². The molecule has 5 heteroatoms. The number of hydrogen-bond acceptors (Lipinski definition) is 4. The summed E-state index contributed by atoms with van der Waals surface area (Å²) >= 11 is 0. The fourth-order valence-electron chi connectivity index (χ4n) is 3.54. The van der Waals surface area contributed by atoms with Gasteiger partial charge in [-0.3, -0.25) is 10.1 Å². The lowest BCUT2D eigenvalue weighted by molar-refractivity contribution is 0.301. The number of aromatic nitrogens is 3. The van der Waals surface area contributed by atoms with Crippen molar-refractivity contribution in [3.8, 4) is 5.75 Å². The fraction of sp³-hybridized carbons (Fsp3) is 0.364. The molecule has 1 aliphatic carbocycles. The van der Waals surface area contributed by atoms with E-state index in [1.165, 1.54) is 36.1 Å². The Labute approximate surface area is 160 Å². The summed E-state index contributed by atoms with van der Waals surface area (Å²) in [6.07, 6.45) is 5.76. The van der Waals surface area contributed by atoms with Gasteiger partial charge in [-0.05, 0) is 63.3 Å². The summed E-state index contributed by atoms with van der Waals surface area (Å²) in [7, 11) is 0. The van der Waals surface area contributed by atoms with Crippen molar-refractivity contribution in [2.75, 3.05) is 5.32 Å². The zero-order valence-electron chi connectivity index (χ0n) is 16.0. The number of nitrogens with one attached hydrogen (secondary N) is 2. The quantitative estimate of drug-likeness (QED) is 0.626. The third kappa shape index (κ3) is 4.30. The number of rotatable bonds is 5. The molecule has 2 aromatic heterocycles. The molecule has 0 radical (unpaired) electrons. The SMILES string of the molecule is Cc1ccc(OCc2cc(Nc3cc(C)[nH]n3)c3c(n2)CCCCC3)cc1. The van der Waals surface area contributed by atoms with Crippen LogP contribution >= 0.6 is 0 Å². The van der Waals surface area contributed by atoms with Gasteiger partial charge in [-0.25, -0.2) is 0 Å². The van der Waals surface area contributed by atoms with Gasteiger partial charge in [0.2, 0.25) is 0 Å². The highest BCUT2D eigenvalue weighted by Crippen LogP contribution is 2.29. The maximum atomic E-state index is 5.97. The van der Waals surface area contributed by atoms with Crippen molar-refractivity contribution < 1.29 is 4.74 Å². The Balaban J connectivity index is 1.60. The van der Waals surface area contributed by atoms with E-state index in [0.29, 0.717) is 6.61 Å². The van der Waals surface area contributed by atoms with E-state index >= 15 is 0 Å². The van der Waals surface area contributed by atoms with Crippen LogP contribution in [0.1, 0.15) is 47.5 Å². The van der Waals surface area contributed by atoms with E-state index < -0.39 is 0 Å². The van der Waals surface area contributed by atoms with Gasteiger partial charge in [0.05, 0.1) is 5.69 Å². The first-order chi connectivity index (χ1) is 13.2. The minimum Gasteiger partial charge on any atom is -0.487 e. The third-order valence-electron chi connectivity index (χ3n) is 4.98. The molecular formula is C22H26N4O. The first kappa shape index (κ1) is 17.6. The van der Waals surface area contributed by atoms with Crippen LogP contribution in [0.25, 0.3) is 0 Å². The van der Waals surface area contributed by atoms with Crippen LogP contribution in [0.5, 0.6) is 5.75 Å². The van der Waals surface area contributed by atoms with Crippen LogP contribution in [0.4, 0.5) is 11.5 Å². The van der Waals surface area contributed by atoms with E-state index in [0.717, 1.165) is 41.5 Å². The Morgan fingerprint density at radius 1 is 1.04 bits per heavy atom. The number of fused-ring (bicyclic) bond motifs is 1. The van der Waals surface area contributed by atoms with Crippen molar-refractivity contribution >= 4 is 11.5 Å². The molecule has 27 heavy (non-hydrogen) atoms. The molecule has 0 atom stereocenters. The topological polar surface area (TPSA) is 62.8 Å². The van der Waals surface area contributed by atoms with Crippen molar-refractivity contribution in [2.24, 2.45) is 0 Å². The monoisotopic (exact) mass is 362 g/mol. The van der Waals surface area contributed by atoms with Crippen molar-refractivity contribution in [2.45, 2.75) is 52.6 Å². The number of aryl methyl sites for hydroxylation is 3. The van der Waals surface area contributed by atoms with Gasteiger partial charge in [0.15, 0.2) is 5.82 Å². The van der Waals surface area contributed by atoms with Crippen LogP contribution in [-0.4, -0.2) is 15.2 Å². The second-order valence-electron chi connectivity index (χ2n) is 7.31. The molecule has 1 aliphatic rings. The predicted octanol–water partition coefficient (Wildman–Crippen LogP) is 5.01. The van der Waals surface area contributed by atoms with Crippen molar-refractivity contribution in [1.29, 1.82) is 0 Å². The third-order valence-corrected chi connectivity index (χ3v) is 4.98. The smallest absolute Gasteiger partial charge is 0.152 e. The number of pyridine rings is 1. The summed E-state index contributed by atoms with van der Waals surface area (Å²) in [6.45, 7) is 4.54. The summed E-state index contributed by atoms with van der Waals surface area (Å²) in [6, 6.07) is 12.3. The lowest BCUT2D eigenvalue weighted by Gasteiger charge is -2.15. The number of anilines is 2. The normalized spacial score (nSPS) is 13.7. The molecule has 2 heterocycles. The van der Waals surface area contributed by atoms with Crippen molar-refractivity contribution in [3.63, 3.8) is 0 Å². The highest BCUT2D eigenvalue weighted by molar-refractivity contribution is 5.62. The van der Waals surface area contributed by atoms with Gasteiger partial charge in [0.25, 0.3) is 0 Å². The van der Waals surface area contributed by atoms with E-state index in [9.17, 15) is 0 Å². The molecule has 0 aliphatic heterocycles. The van der Waals surface area contributed by atoms with Crippen LogP contribution in [0.3, 0.4) is 0 Å². The second kappa shape index (κ2) is 7.82. The van der Waals surface area contributed by atoms with Gasteiger partial charge in [0, 0.05) is 23.1 Å². The number of hydrogen-bond donors (Lipinski definition) is 2. The molecule has 140 valence electrons. The van der Waals surface area contributed by atoms with Crippen molar-refractivity contribution in [3.05, 3.63) is 64.6 Å². The standard InChI is InChI=1S/C22H26N4O/c1-15-8-10-18(11-9-15)27-14-17-13-21(24-22-12-16(2)25-26-22)19-6-4-3-5-7-20(19)23-17/h8-13H,3-7,14H2,1-2H3,(H2,23,24,25,26). The fourth-order valence-corrected chi connectivity index (χ4v) is 3.54. The molecule has 0 amide bonds. The molecular weight excluding hydrogens is 336 g/mol. The summed E-state index contributed by atoms with van der Waals surface area (Å²) in [4.78, 5) is 4.92. The Kier molecular flexibility index (Phi) is 5.10. The van der Waals surface area contributed by atoms with E-state index in [4.69, 9.17) is 9.72 Å². The summed E-state index contributed by atoms with van der Waals surface area (Å²) in [5.74, 6) is 1.71. The second-order valence-corrected chi connectivity index (χ2v) is 7.31. The van der Waals surface area contributed by atoms with Crippen LogP contribution in [0, 0.1) is 13.8 Å². The zero-order chi connectivity index (χ0) is 18.6. The molecule has 3 aromatic rings. The highest BCUT2D eigenvalue weighted by Gasteiger charge is 2.16. The van der Waals surface area contributed by atoms with E-state index in [1.54, 1.807) is 0 Å². The van der Waals surface area contributed by atoms with Crippen LogP contribution < -0.4 is 10.1 Å². The minimum atomic E-state index is 0.463. The Hall–Kier alpha value is -2.82. The maximum Gasteiger partial charge on any atom is 0.152 e. The Morgan fingerprint density at radius 3 is 2.63 bits per heavy atom. The lowest BCUT2D eigenvalue weighted by atomic mass is 10.1. The molecule has 0 bridgehead atoms. The van der Waals surface area contributed by atoms with Gasteiger partial charge < -0.3 is 10.1 Å². The summed E-state index contributed by atoms with van der Waals surface area (Å²) < 4.78 is 5.97. The highest BCUT2D eigenvalue weighted by atomic mass is 16.5. The molecule has 1 aromatic carbocycles. The first-order valence-corrected chi connectivity index (χ1v) is 9.67. The Bertz CT molecular complexity index is 915. The predicted molar refractivity (Wildman–Crippen MR) is 108 cm³/mol. The van der Waals surface area contributed by atoms with E-state index in [2.05, 4.69) is 40.6 Å². The molecule has 5 nitrogen and oxygen atoms in total. The number of ether oxygens (including phenoxy) is 1. The molecule has 0 spiro atoms. The molecule has 0 saturated carbocycles. The van der Waals surface area contributed by atoms with E-state index in [1.807, 2.05) is 25.1 Å². The van der Waals surface area contributed by atoms with Gasteiger partial charge in [-0.1, -0.05) is 24.1 Å².